The molecule has 15 atom stereocenters. The van der Waals surface area contributed by atoms with Crippen molar-refractivity contribution in [3.63, 3.8) is 0 Å². The molecule has 0 radical (unpaired) electrons. The van der Waals surface area contributed by atoms with Crippen LogP contribution in [0, 0.1) is 29.6 Å². The number of amides is 3. The minimum Gasteiger partial charge on any atom is -0.459 e. The van der Waals surface area contributed by atoms with Crippen LogP contribution >= 0.6 is 0 Å². The lowest BCUT2D eigenvalue weighted by molar-refractivity contribution is -0.265. The monoisotopic (exact) mass is 1780 g/mol. The van der Waals surface area contributed by atoms with E-state index in [1.54, 1.807) is 62.5 Å². The maximum Gasteiger partial charge on any atom is 0.407 e. The number of ketones is 3. The second-order valence-electron chi connectivity index (χ2n) is 33.0. The first-order valence-corrected chi connectivity index (χ1v) is 44.4. The van der Waals surface area contributed by atoms with E-state index in [1.807, 2.05) is 56.4 Å². The molecule has 1 aliphatic carbocycles. The molecule has 38 nitrogen and oxygen atoms in total. The van der Waals surface area contributed by atoms with E-state index in [-0.39, 0.29) is 81.3 Å². The summed E-state index contributed by atoms with van der Waals surface area (Å²) in [7, 11) is 4.43. The molecule has 127 heavy (non-hydrogen) atoms. The van der Waals surface area contributed by atoms with Gasteiger partial charge in [0.1, 0.15) is 65.3 Å². The molecule has 38 heteroatoms. The van der Waals surface area contributed by atoms with Crippen LogP contribution in [-0.2, 0) is 115 Å². The highest BCUT2D eigenvalue weighted by Crippen LogP contribution is 2.39. The molecule has 2 bridgehead atoms. The molecule has 0 unspecified atom stereocenters. The molecule has 10 N–H and O–H groups in total. The molecule has 1 aromatic carbocycles. The number of nitrogens with two attached hydrogens (primary N) is 3. The largest absolute Gasteiger partial charge is 0.459 e. The lowest BCUT2D eigenvalue weighted by atomic mass is 9.80. The van der Waals surface area contributed by atoms with E-state index in [4.69, 9.17) is 93.0 Å². The van der Waals surface area contributed by atoms with Crippen molar-refractivity contribution in [2.24, 2.45) is 35.3 Å². The SMILES string of the molecule is CO[C@H]1C[C@@H]2CC[C@@H](C)[C@@](O)(O2)C(=O)C(=O)N2CCCC[C@H]2C(=O)O[C@H]([C@H](N)C[C@@H]2CC[C@@H](OC(=O)NCc3cn(CCOCCOCCOCCOCCOCCOCCOCCOCCC(=O)NCCCCn4nc(-c5ccc6oc(N)nc6c5)c5c(N)ncnc54)nn3)[C@H](OC)C2)CC(=O)[C@H](C)/C=C(\C)[C@@H](O)[C@@H](OC)C(=O)[C@H](C)C[C@H](C)/C=C/C=C/C=C/1C. The molecule has 1 saturated carbocycles. The number of hydrogen-bond acceptors (Lipinski definition) is 33. The highest BCUT2D eigenvalue weighted by atomic mass is 16.6. The van der Waals surface area contributed by atoms with Crippen molar-refractivity contribution in [2.45, 2.75) is 218 Å². The van der Waals surface area contributed by atoms with Crippen LogP contribution in [0.5, 0.6) is 0 Å². The van der Waals surface area contributed by atoms with Gasteiger partial charge in [0.25, 0.3) is 17.7 Å². The molecule has 5 aromatic rings. The third-order valence-corrected chi connectivity index (χ3v) is 23.4. The van der Waals surface area contributed by atoms with Crippen LogP contribution in [0.3, 0.4) is 0 Å². The van der Waals surface area contributed by atoms with Crippen molar-refractivity contribution in [2.75, 3.05) is 152 Å². The zero-order valence-electron chi connectivity index (χ0n) is 75.0. The predicted octanol–water partition coefficient (Wildman–Crippen LogP) is 6.63. The van der Waals surface area contributed by atoms with Crippen molar-refractivity contribution < 1.29 is 115 Å². The van der Waals surface area contributed by atoms with E-state index in [9.17, 15) is 43.8 Å². The molecule has 3 fully saturated rings. The fourth-order valence-electron chi connectivity index (χ4n) is 16.0. The number of nitrogen functional groups attached to an aromatic ring is 2. The Morgan fingerprint density at radius 1 is 0.724 bits per heavy atom. The van der Waals surface area contributed by atoms with E-state index in [1.165, 1.54) is 20.5 Å². The van der Waals surface area contributed by atoms with Crippen LogP contribution in [-0.4, -0.2) is 297 Å². The summed E-state index contributed by atoms with van der Waals surface area (Å²) in [5.41, 5.74) is 23.9. The third kappa shape index (κ3) is 31.7. The number of unbranched alkanes of at least 4 members (excludes halogenated alkanes) is 1. The van der Waals surface area contributed by atoms with Gasteiger partial charge in [-0.05, 0) is 132 Å². The van der Waals surface area contributed by atoms with Crippen LogP contribution in [0.25, 0.3) is 33.4 Å². The number of alkyl carbamates (subject to hydrolysis) is 1. The number of esters is 1. The van der Waals surface area contributed by atoms with Crippen molar-refractivity contribution >= 4 is 75.2 Å². The number of piperidine rings is 1. The van der Waals surface area contributed by atoms with Crippen molar-refractivity contribution in [3.8, 4) is 11.3 Å². The number of carbonyl (C=O) groups excluding carboxylic acids is 7. The number of allylic oxidation sites excluding steroid dienone is 6. The predicted molar refractivity (Wildman–Crippen MR) is 466 cm³/mol. The molecule has 0 spiro atoms. The highest BCUT2D eigenvalue weighted by Gasteiger charge is 2.53. The Balaban J connectivity index is 0.598. The molecule has 3 amide bonds. The summed E-state index contributed by atoms with van der Waals surface area (Å²) in [6, 6.07) is 3.33. The number of nitrogens with one attached hydrogen (secondary N) is 2. The van der Waals surface area contributed by atoms with E-state index in [0.717, 1.165) is 28.9 Å². The van der Waals surface area contributed by atoms with E-state index < -0.39 is 108 Å². The number of methoxy groups -OCH3 is 3. The number of ether oxygens (including phenoxy) is 14. The van der Waals surface area contributed by atoms with E-state index >= 15 is 0 Å². The number of nitrogens with zero attached hydrogens (tertiary/aromatic N) is 9. The Bertz CT molecular complexity index is 4400. The van der Waals surface area contributed by atoms with Crippen molar-refractivity contribution in [1.82, 2.24) is 55.3 Å². The summed E-state index contributed by atoms with van der Waals surface area (Å²) in [5, 5.41) is 43.2. The number of Topliss-reactive ketones (excluding diaryl/α,β-unsaturated/α-hetero) is 3. The van der Waals surface area contributed by atoms with Crippen LogP contribution in [0.1, 0.15) is 144 Å². The van der Waals surface area contributed by atoms with Gasteiger partial charge in [-0.3, -0.25) is 24.0 Å². The maximum atomic E-state index is 14.7. The summed E-state index contributed by atoms with van der Waals surface area (Å²) in [6.07, 6.45) is 12.7. The highest BCUT2D eigenvalue weighted by molar-refractivity contribution is 6.39. The Hall–Kier alpha value is -8.97. The van der Waals surface area contributed by atoms with Gasteiger partial charge in [0.2, 0.25) is 11.7 Å². The summed E-state index contributed by atoms with van der Waals surface area (Å²) in [4.78, 5) is 112. The second-order valence-corrected chi connectivity index (χ2v) is 33.0. The Labute approximate surface area is 742 Å². The summed E-state index contributed by atoms with van der Waals surface area (Å²) in [6.45, 7) is 18.1. The van der Waals surface area contributed by atoms with Gasteiger partial charge >= 0.3 is 12.1 Å². The van der Waals surface area contributed by atoms with Gasteiger partial charge in [-0.15, -0.1) is 5.10 Å². The van der Waals surface area contributed by atoms with Crippen molar-refractivity contribution in [1.29, 1.82) is 0 Å². The van der Waals surface area contributed by atoms with Gasteiger partial charge < -0.3 is 114 Å². The van der Waals surface area contributed by atoms with Crippen LogP contribution in [0.4, 0.5) is 16.6 Å². The molecular weight excluding hydrogens is 1650 g/mol. The minimum atomic E-state index is -2.51. The number of aliphatic hydroxyl groups is 2. The smallest absolute Gasteiger partial charge is 0.407 e. The standard InChI is InChI=1S/C89H134N14O24/c1-57-17-11-10-12-18-58(2)73(113-7)52-66-23-20-62(6)89(112,127-66)82(108)85(109)102-28-15-13-19-69(102)86(110)124-74(53-70(104)59(3)48-61(5)80(107)81(115-9)79(106)60(4)47-57)67(90)49-63-21-24-72(75(50-63)114-8)126-88(111)94-54-65-55-101(100-98-65)30-32-117-34-36-119-38-40-121-42-44-123-46-45-122-43-41-120-39-37-118-35-33-116-31-26-76(105)93-27-14-16-29-103-84-77(83(91)95-56-96-84)78(99-103)64-22-25-71-68(51-64)97-87(92)125-71/h10-12,17-18,22,25,48,51,55-57,59-60,62-63,66-67,69,72-75,80-81,107,112H,13-16,19-21,23-24,26-47,49-50,52-54,90H2,1-9H3,(H2,92,97)(H,93,105)(H,94,111)(H2,91,95,96)/b12-10+,17-11+,58-18+,61-48+/t57-,59-,60-,62-,63+,66+,67-,69+,72-,73+,74+,75-,80-,81+,89-/m1/s1. The minimum absolute atomic E-state index is 0.00373. The van der Waals surface area contributed by atoms with E-state index in [0.29, 0.717) is 215 Å². The fourth-order valence-corrected chi connectivity index (χ4v) is 16.0. The summed E-state index contributed by atoms with van der Waals surface area (Å²) in [5.74, 6) is -8.53. The van der Waals surface area contributed by atoms with Crippen LogP contribution in [0.15, 0.2) is 82.7 Å². The number of anilines is 2. The third-order valence-electron chi connectivity index (χ3n) is 23.4. The normalized spacial score (nSPS) is 26.4. The zero-order chi connectivity index (χ0) is 91.2. The topological polar surface area (TPSA) is 495 Å². The first-order chi connectivity index (χ1) is 61.3. The lowest BCUT2D eigenvalue weighted by Gasteiger charge is -2.42. The molecule has 9 rings (SSSR count). The van der Waals surface area contributed by atoms with Gasteiger partial charge in [-0.25, -0.2) is 28.9 Å². The quantitative estimate of drug-likeness (QED) is 0.00932. The average molecular weight is 1780 g/mol. The first-order valence-electron chi connectivity index (χ1n) is 44.4. The molecular formula is C89H134N14O24. The number of aromatic nitrogens is 8. The average Bonchev–Trinajstić information content (AvgIpc) is 1.57. The number of rotatable bonds is 42. The Morgan fingerprint density at radius 3 is 2.07 bits per heavy atom. The van der Waals surface area contributed by atoms with E-state index in [2.05, 4.69) is 35.9 Å². The van der Waals surface area contributed by atoms with Crippen LogP contribution in [0.2, 0.25) is 0 Å². The van der Waals surface area contributed by atoms with Gasteiger partial charge in [-0.2, -0.15) is 10.1 Å². The summed E-state index contributed by atoms with van der Waals surface area (Å²) < 4.78 is 89.4. The number of hydrogen-bond donors (Lipinski definition) is 7. The first kappa shape index (κ1) is 102. The zero-order valence-corrected chi connectivity index (χ0v) is 75.0. The molecule has 3 aliphatic heterocycles. The lowest BCUT2D eigenvalue weighted by Crippen LogP contribution is -2.61. The molecule has 704 valence electrons. The van der Waals surface area contributed by atoms with Gasteiger partial charge in [0.05, 0.1) is 149 Å². The fraction of sp³-hybridized carbons (Fsp3) is 0.674. The molecule has 2 saturated heterocycles. The number of benzene rings is 1. The van der Waals surface area contributed by atoms with Gasteiger partial charge in [0.15, 0.2) is 17.0 Å². The number of carbonyl (C=O) groups is 7. The molecule has 7 heterocycles. The van der Waals surface area contributed by atoms with Crippen molar-refractivity contribution in [3.05, 3.63) is 84.0 Å². The number of cyclic esters (lactones) is 1. The Morgan fingerprint density at radius 2 is 1.40 bits per heavy atom. The number of aliphatic hydroxyl groups excluding tert-OH is 1. The van der Waals surface area contributed by atoms with Gasteiger partial charge in [0, 0.05) is 89.6 Å². The summed E-state index contributed by atoms with van der Waals surface area (Å²) >= 11 is 0. The number of fused-ring (bicyclic) bond motifs is 5. The molecule has 4 aromatic heterocycles. The number of oxazole rings is 1. The maximum absolute atomic E-state index is 14.7. The second kappa shape index (κ2) is 53.2. The van der Waals surface area contributed by atoms with Gasteiger partial charge in [-0.1, -0.05) is 69.4 Å². The molecule has 4 aliphatic rings. The number of aryl methyl sites for hydroxylation is 1. The van der Waals surface area contributed by atoms with Crippen LogP contribution < -0.4 is 27.8 Å². The Kier molecular flexibility index (Phi) is 42.7.